The molecule has 0 spiro atoms. The standard InChI is InChI=1S/C12H14ClNO5/c1-17-10-6(4-7(14)12(15)16)5-8-11(9(10)13)19-3-2-18-8/h5,7H,2-4,14H2,1H3,(H,15,16). The Morgan fingerprint density at radius 2 is 2.26 bits per heavy atom. The lowest BCUT2D eigenvalue weighted by atomic mass is 10.0. The first-order valence-corrected chi connectivity index (χ1v) is 6.05. The number of hydrogen-bond acceptors (Lipinski definition) is 5. The zero-order valence-corrected chi connectivity index (χ0v) is 11.1. The van der Waals surface area contributed by atoms with E-state index in [9.17, 15) is 4.79 Å². The summed E-state index contributed by atoms with van der Waals surface area (Å²) in [5.41, 5.74) is 6.10. The average molecular weight is 288 g/mol. The van der Waals surface area contributed by atoms with E-state index in [0.717, 1.165) is 0 Å². The third kappa shape index (κ3) is 2.69. The van der Waals surface area contributed by atoms with Crippen molar-refractivity contribution in [1.29, 1.82) is 0 Å². The number of benzene rings is 1. The molecule has 0 amide bonds. The molecule has 0 aromatic heterocycles. The van der Waals surface area contributed by atoms with Gasteiger partial charge < -0.3 is 25.1 Å². The number of fused-ring (bicyclic) bond motifs is 1. The quantitative estimate of drug-likeness (QED) is 0.861. The molecular weight excluding hydrogens is 274 g/mol. The highest BCUT2D eigenvalue weighted by Gasteiger charge is 2.24. The molecule has 7 heteroatoms. The van der Waals surface area contributed by atoms with E-state index >= 15 is 0 Å². The molecule has 1 aliphatic heterocycles. The Morgan fingerprint density at radius 3 is 2.89 bits per heavy atom. The van der Waals surface area contributed by atoms with Crippen molar-refractivity contribution in [2.45, 2.75) is 12.5 Å². The van der Waals surface area contributed by atoms with E-state index in [0.29, 0.717) is 36.0 Å². The number of carboxylic acids is 1. The van der Waals surface area contributed by atoms with Crippen LogP contribution in [0, 0.1) is 0 Å². The van der Waals surface area contributed by atoms with Gasteiger partial charge in [0.1, 0.15) is 30.0 Å². The van der Waals surface area contributed by atoms with Crippen molar-refractivity contribution in [3.63, 3.8) is 0 Å². The van der Waals surface area contributed by atoms with Crippen molar-refractivity contribution in [2.75, 3.05) is 20.3 Å². The highest BCUT2D eigenvalue weighted by molar-refractivity contribution is 6.34. The lowest BCUT2D eigenvalue weighted by molar-refractivity contribution is -0.138. The normalized spacial score (nSPS) is 14.9. The Hall–Kier alpha value is -1.66. The highest BCUT2D eigenvalue weighted by atomic mass is 35.5. The Bertz CT molecular complexity index is 505. The van der Waals surface area contributed by atoms with E-state index in [1.54, 1.807) is 6.07 Å². The van der Waals surface area contributed by atoms with E-state index < -0.39 is 12.0 Å². The van der Waals surface area contributed by atoms with Crippen LogP contribution in [-0.2, 0) is 11.2 Å². The fraction of sp³-hybridized carbons (Fsp3) is 0.417. The van der Waals surface area contributed by atoms with Crippen molar-refractivity contribution in [3.8, 4) is 17.2 Å². The van der Waals surface area contributed by atoms with E-state index in [1.807, 2.05) is 0 Å². The molecule has 2 rings (SSSR count). The van der Waals surface area contributed by atoms with E-state index in [2.05, 4.69) is 0 Å². The van der Waals surface area contributed by atoms with Crippen LogP contribution in [0.15, 0.2) is 6.07 Å². The minimum Gasteiger partial charge on any atom is -0.495 e. The third-order valence-electron chi connectivity index (χ3n) is 2.77. The fourth-order valence-corrected chi connectivity index (χ4v) is 2.22. The first-order chi connectivity index (χ1) is 9.04. The Balaban J connectivity index is 2.42. The smallest absolute Gasteiger partial charge is 0.320 e. The summed E-state index contributed by atoms with van der Waals surface area (Å²) >= 11 is 6.18. The molecule has 1 aromatic rings. The second-order valence-electron chi connectivity index (χ2n) is 4.06. The summed E-state index contributed by atoms with van der Waals surface area (Å²) in [6.45, 7) is 0.823. The molecule has 19 heavy (non-hydrogen) atoms. The molecule has 1 unspecified atom stereocenters. The lowest BCUT2D eigenvalue weighted by Gasteiger charge is -2.23. The van der Waals surface area contributed by atoms with Gasteiger partial charge in [0.2, 0.25) is 0 Å². The summed E-state index contributed by atoms with van der Waals surface area (Å²) in [5, 5.41) is 9.13. The van der Waals surface area contributed by atoms with Gasteiger partial charge in [0.15, 0.2) is 11.5 Å². The topological polar surface area (TPSA) is 91.0 Å². The van der Waals surface area contributed by atoms with Gasteiger partial charge in [0.25, 0.3) is 0 Å². The second-order valence-corrected chi connectivity index (χ2v) is 4.43. The predicted octanol–water partition coefficient (Wildman–Crippen LogP) is 1.07. The van der Waals surface area contributed by atoms with Gasteiger partial charge in [-0.3, -0.25) is 4.79 Å². The van der Waals surface area contributed by atoms with Crippen LogP contribution in [0.5, 0.6) is 17.2 Å². The molecule has 0 radical (unpaired) electrons. The Kier molecular flexibility index (Phi) is 4.01. The molecule has 3 N–H and O–H groups in total. The zero-order valence-electron chi connectivity index (χ0n) is 10.3. The lowest BCUT2D eigenvalue weighted by Crippen LogP contribution is -2.32. The monoisotopic (exact) mass is 287 g/mol. The highest BCUT2D eigenvalue weighted by Crippen LogP contribution is 2.45. The fourth-order valence-electron chi connectivity index (χ4n) is 1.88. The summed E-state index contributed by atoms with van der Waals surface area (Å²) in [4.78, 5) is 10.8. The number of carboxylic acid groups (broad SMARTS) is 1. The number of halogens is 1. The minimum absolute atomic E-state index is 0.0921. The Labute approximate surface area is 115 Å². The van der Waals surface area contributed by atoms with Crippen LogP contribution in [-0.4, -0.2) is 37.4 Å². The molecule has 1 heterocycles. The maximum Gasteiger partial charge on any atom is 0.320 e. The van der Waals surface area contributed by atoms with Crippen LogP contribution in [0.4, 0.5) is 0 Å². The summed E-state index contributed by atoms with van der Waals surface area (Å²) in [6, 6.07) is 0.620. The van der Waals surface area contributed by atoms with Gasteiger partial charge in [-0.05, 0) is 6.07 Å². The molecule has 0 fully saturated rings. The molecule has 0 saturated carbocycles. The third-order valence-corrected chi connectivity index (χ3v) is 3.11. The second kappa shape index (κ2) is 5.54. The van der Waals surface area contributed by atoms with Crippen LogP contribution in [0.2, 0.25) is 5.02 Å². The number of methoxy groups -OCH3 is 1. The van der Waals surface area contributed by atoms with Crippen LogP contribution < -0.4 is 19.9 Å². The maximum atomic E-state index is 10.8. The van der Waals surface area contributed by atoms with Gasteiger partial charge in [-0.1, -0.05) is 11.6 Å². The summed E-state index contributed by atoms with van der Waals surface area (Å²) in [7, 11) is 1.45. The SMILES string of the molecule is COc1c(CC(N)C(=O)O)cc2c(c1Cl)OCCO2. The van der Waals surface area contributed by atoms with E-state index in [-0.39, 0.29) is 11.4 Å². The van der Waals surface area contributed by atoms with Crippen molar-refractivity contribution in [3.05, 3.63) is 16.7 Å². The number of ether oxygens (including phenoxy) is 3. The van der Waals surface area contributed by atoms with E-state index in [1.165, 1.54) is 7.11 Å². The minimum atomic E-state index is -1.09. The van der Waals surface area contributed by atoms with Crippen molar-refractivity contribution >= 4 is 17.6 Å². The van der Waals surface area contributed by atoms with Crippen molar-refractivity contribution < 1.29 is 24.1 Å². The van der Waals surface area contributed by atoms with Gasteiger partial charge in [-0.15, -0.1) is 0 Å². The van der Waals surface area contributed by atoms with Gasteiger partial charge in [0, 0.05) is 12.0 Å². The zero-order chi connectivity index (χ0) is 14.0. The number of nitrogens with two attached hydrogens (primary N) is 1. The van der Waals surface area contributed by atoms with Gasteiger partial charge in [-0.2, -0.15) is 0 Å². The first kappa shape index (κ1) is 13.8. The molecule has 0 bridgehead atoms. The number of rotatable bonds is 4. The molecule has 1 aliphatic rings. The molecule has 104 valence electrons. The molecule has 0 saturated heterocycles. The van der Waals surface area contributed by atoms with Gasteiger partial charge in [0.05, 0.1) is 7.11 Å². The summed E-state index contributed by atoms with van der Waals surface area (Å²) < 4.78 is 16.1. The van der Waals surface area contributed by atoms with Gasteiger partial charge in [-0.25, -0.2) is 0 Å². The molecule has 6 nitrogen and oxygen atoms in total. The maximum absolute atomic E-state index is 10.8. The summed E-state index contributed by atoms with van der Waals surface area (Å²) in [5.74, 6) is 0.165. The van der Waals surface area contributed by atoms with Crippen LogP contribution in [0.3, 0.4) is 0 Å². The van der Waals surface area contributed by atoms with Crippen LogP contribution in [0.1, 0.15) is 5.56 Å². The largest absolute Gasteiger partial charge is 0.495 e. The first-order valence-electron chi connectivity index (χ1n) is 5.68. The molecular formula is C12H14ClNO5. The van der Waals surface area contributed by atoms with E-state index in [4.69, 9.17) is 36.7 Å². The number of hydrogen-bond donors (Lipinski definition) is 2. The van der Waals surface area contributed by atoms with Crippen molar-refractivity contribution in [1.82, 2.24) is 0 Å². The summed E-state index contributed by atoms with van der Waals surface area (Å²) in [6.07, 6.45) is 0.0921. The Morgan fingerprint density at radius 1 is 1.58 bits per heavy atom. The predicted molar refractivity (Wildman–Crippen MR) is 68.3 cm³/mol. The molecule has 1 atom stereocenters. The number of aliphatic carboxylic acids is 1. The van der Waals surface area contributed by atoms with Crippen LogP contribution >= 0.6 is 11.6 Å². The average Bonchev–Trinajstić information content (AvgIpc) is 2.39. The molecule has 1 aromatic carbocycles. The molecule has 0 aliphatic carbocycles. The van der Waals surface area contributed by atoms with Crippen molar-refractivity contribution in [2.24, 2.45) is 5.73 Å². The number of carbonyl (C=O) groups is 1. The van der Waals surface area contributed by atoms with Crippen LogP contribution in [0.25, 0.3) is 0 Å². The van der Waals surface area contributed by atoms with Gasteiger partial charge >= 0.3 is 5.97 Å².